The number of nitrogens with zero attached hydrogens (tertiary/aromatic N) is 1. The van der Waals surface area contributed by atoms with Gasteiger partial charge in [-0.2, -0.15) is 0 Å². The maximum atomic E-state index is 9.18. The zero-order valence-corrected chi connectivity index (χ0v) is 6.67. The van der Waals surface area contributed by atoms with Gasteiger partial charge in [0.15, 0.2) is 0 Å². The molecular formula is C6H15BN2O. The lowest BCUT2D eigenvalue weighted by Gasteiger charge is -2.23. The van der Waals surface area contributed by atoms with Crippen molar-refractivity contribution in [3.63, 3.8) is 0 Å². The van der Waals surface area contributed by atoms with E-state index in [0.717, 1.165) is 19.5 Å². The van der Waals surface area contributed by atoms with Gasteiger partial charge in [0.1, 0.15) is 0 Å². The molecule has 1 rings (SSSR count). The van der Waals surface area contributed by atoms with Gasteiger partial charge in [-0.15, -0.1) is 0 Å². The molecule has 1 aliphatic rings. The molecule has 1 heterocycles. The Bertz CT molecular complexity index is 104. The fourth-order valence-electron chi connectivity index (χ4n) is 1.29. The lowest BCUT2D eigenvalue weighted by molar-refractivity contribution is 0.346. The molecule has 3 nitrogen and oxygen atoms in total. The van der Waals surface area contributed by atoms with Crippen molar-refractivity contribution in [2.75, 3.05) is 20.1 Å². The second kappa shape index (κ2) is 3.37. The van der Waals surface area contributed by atoms with Gasteiger partial charge in [0, 0.05) is 12.6 Å². The van der Waals surface area contributed by atoms with Crippen LogP contribution in [0.4, 0.5) is 0 Å². The van der Waals surface area contributed by atoms with Crippen LogP contribution in [0.2, 0.25) is 6.82 Å². The highest BCUT2D eigenvalue weighted by Crippen LogP contribution is 2.06. The molecule has 58 valence electrons. The Morgan fingerprint density at radius 3 is 2.80 bits per heavy atom. The molecule has 0 amide bonds. The number of rotatable bonds is 2. The number of likely N-dealkylation sites (N-methyl/N-ethyl adjacent to an activating group) is 1. The molecule has 0 aromatic heterocycles. The van der Waals surface area contributed by atoms with Gasteiger partial charge >= 0.3 is 7.05 Å². The molecule has 1 atom stereocenters. The molecule has 2 N–H and O–H groups in total. The van der Waals surface area contributed by atoms with E-state index in [0.29, 0.717) is 6.04 Å². The fourth-order valence-corrected chi connectivity index (χ4v) is 1.29. The van der Waals surface area contributed by atoms with E-state index in [2.05, 4.69) is 5.32 Å². The Morgan fingerprint density at radius 1 is 1.70 bits per heavy atom. The molecule has 0 radical (unpaired) electrons. The summed E-state index contributed by atoms with van der Waals surface area (Å²) in [4.78, 5) is 2.00. The highest BCUT2D eigenvalue weighted by molar-refractivity contribution is 6.45. The van der Waals surface area contributed by atoms with Crippen LogP contribution in [-0.4, -0.2) is 43.1 Å². The van der Waals surface area contributed by atoms with E-state index in [1.165, 1.54) is 0 Å². The van der Waals surface area contributed by atoms with Crippen LogP contribution in [0.1, 0.15) is 6.42 Å². The van der Waals surface area contributed by atoms with Crippen LogP contribution >= 0.6 is 0 Å². The van der Waals surface area contributed by atoms with Crippen LogP contribution in [0.5, 0.6) is 0 Å². The minimum Gasteiger partial charge on any atom is -0.437 e. The number of nitrogens with one attached hydrogen (secondary N) is 1. The molecule has 10 heavy (non-hydrogen) atoms. The zero-order valence-electron chi connectivity index (χ0n) is 6.67. The first kappa shape index (κ1) is 8.05. The molecule has 0 saturated carbocycles. The van der Waals surface area contributed by atoms with Crippen LogP contribution in [0, 0.1) is 0 Å². The predicted octanol–water partition coefficient (Wildman–Crippen LogP) is -0.610. The normalized spacial score (nSPS) is 25.8. The van der Waals surface area contributed by atoms with Crippen molar-refractivity contribution < 1.29 is 5.02 Å². The quantitative estimate of drug-likeness (QED) is 0.505. The monoisotopic (exact) mass is 142 g/mol. The van der Waals surface area contributed by atoms with Gasteiger partial charge in [-0.05, 0) is 26.8 Å². The summed E-state index contributed by atoms with van der Waals surface area (Å²) >= 11 is 0. The van der Waals surface area contributed by atoms with Gasteiger partial charge in [0.05, 0.1) is 0 Å². The SMILES string of the molecule is CB(O)N(C)C1CCNC1. The molecule has 0 aromatic rings. The van der Waals surface area contributed by atoms with E-state index in [1.807, 2.05) is 11.9 Å². The minimum atomic E-state index is -0.315. The Labute approximate surface area is 62.5 Å². The second-order valence-electron chi connectivity index (χ2n) is 2.94. The highest BCUT2D eigenvalue weighted by Gasteiger charge is 2.23. The summed E-state index contributed by atoms with van der Waals surface area (Å²) in [6, 6.07) is 0.528. The zero-order chi connectivity index (χ0) is 7.56. The third kappa shape index (κ3) is 1.72. The molecule has 1 unspecified atom stereocenters. The Hall–Kier alpha value is -0.0551. The molecule has 0 spiro atoms. The van der Waals surface area contributed by atoms with Crippen molar-refractivity contribution in [3.05, 3.63) is 0 Å². The molecule has 1 aliphatic heterocycles. The number of hydrogen-bond donors (Lipinski definition) is 2. The van der Waals surface area contributed by atoms with Gasteiger partial charge in [0.25, 0.3) is 0 Å². The largest absolute Gasteiger partial charge is 0.437 e. The first-order valence-corrected chi connectivity index (χ1v) is 3.82. The smallest absolute Gasteiger partial charge is 0.376 e. The standard InChI is InChI=1S/C6H15BN2O/c1-7(10)9(2)6-3-4-8-5-6/h6,8,10H,3-5H2,1-2H3. The summed E-state index contributed by atoms with van der Waals surface area (Å²) in [6.07, 6.45) is 1.15. The van der Waals surface area contributed by atoms with Crippen LogP contribution in [0.3, 0.4) is 0 Å². The third-order valence-electron chi connectivity index (χ3n) is 2.20. The summed E-state index contributed by atoms with van der Waals surface area (Å²) in [5.74, 6) is 0. The van der Waals surface area contributed by atoms with E-state index < -0.39 is 0 Å². The van der Waals surface area contributed by atoms with Crippen LogP contribution in [-0.2, 0) is 0 Å². The van der Waals surface area contributed by atoms with E-state index in [9.17, 15) is 5.02 Å². The average molecular weight is 142 g/mol. The van der Waals surface area contributed by atoms with Crippen molar-refractivity contribution in [1.29, 1.82) is 0 Å². The van der Waals surface area contributed by atoms with Gasteiger partial charge in [-0.25, -0.2) is 0 Å². The van der Waals surface area contributed by atoms with Crippen molar-refractivity contribution in [2.45, 2.75) is 19.3 Å². The predicted molar refractivity (Wildman–Crippen MR) is 42.9 cm³/mol. The minimum absolute atomic E-state index is 0.315. The van der Waals surface area contributed by atoms with Crippen molar-refractivity contribution >= 4 is 7.05 Å². The topological polar surface area (TPSA) is 35.5 Å². The van der Waals surface area contributed by atoms with Crippen LogP contribution < -0.4 is 5.32 Å². The van der Waals surface area contributed by atoms with Crippen molar-refractivity contribution in [2.24, 2.45) is 0 Å². The maximum absolute atomic E-state index is 9.18. The van der Waals surface area contributed by atoms with E-state index >= 15 is 0 Å². The van der Waals surface area contributed by atoms with E-state index in [1.54, 1.807) is 6.82 Å². The number of hydrogen-bond acceptors (Lipinski definition) is 3. The molecule has 0 bridgehead atoms. The molecule has 0 aromatic carbocycles. The summed E-state index contributed by atoms with van der Waals surface area (Å²) in [5.41, 5.74) is 0. The summed E-state index contributed by atoms with van der Waals surface area (Å²) in [5, 5.41) is 12.4. The lowest BCUT2D eigenvalue weighted by atomic mass is 9.84. The van der Waals surface area contributed by atoms with Crippen LogP contribution in [0.25, 0.3) is 0 Å². The van der Waals surface area contributed by atoms with Crippen molar-refractivity contribution in [1.82, 2.24) is 10.1 Å². The van der Waals surface area contributed by atoms with Crippen LogP contribution in [0.15, 0.2) is 0 Å². The average Bonchev–Trinajstić information content (AvgIpc) is 2.36. The third-order valence-corrected chi connectivity index (χ3v) is 2.20. The summed E-state index contributed by atoms with van der Waals surface area (Å²) in [7, 11) is 1.65. The molecule has 0 aliphatic carbocycles. The van der Waals surface area contributed by atoms with Gasteiger partial charge in [-0.1, -0.05) is 0 Å². The lowest BCUT2D eigenvalue weighted by Crippen LogP contribution is -2.42. The Kier molecular flexibility index (Phi) is 2.71. The molecular weight excluding hydrogens is 127 g/mol. The highest BCUT2D eigenvalue weighted by atomic mass is 16.2. The fraction of sp³-hybridized carbons (Fsp3) is 1.00. The van der Waals surface area contributed by atoms with E-state index in [4.69, 9.17) is 0 Å². The maximum Gasteiger partial charge on any atom is 0.376 e. The Balaban J connectivity index is 2.32. The summed E-state index contributed by atoms with van der Waals surface area (Å²) in [6.45, 7) is 3.90. The van der Waals surface area contributed by atoms with E-state index in [-0.39, 0.29) is 7.05 Å². The summed E-state index contributed by atoms with van der Waals surface area (Å²) < 4.78 is 0. The van der Waals surface area contributed by atoms with Crippen molar-refractivity contribution in [3.8, 4) is 0 Å². The molecule has 4 heteroatoms. The first-order valence-electron chi connectivity index (χ1n) is 3.82. The Morgan fingerprint density at radius 2 is 2.40 bits per heavy atom. The van der Waals surface area contributed by atoms with Gasteiger partial charge in [0.2, 0.25) is 0 Å². The second-order valence-corrected chi connectivity index (χ2v) is 2.94. The first-order chi connectivity index (χ1) is 4.72. The molecule has 1 saturated heterocycles. The van der Waals surface area contributed by atoms with Gasteiger partial charge < -0.3 is 15.2 Å². The molecule has 1 fully saturated rings. The van der Waals surface area contributed by atoms with Gasteiger partial charge in [-0.3, -0.25) is 0 Å².